The summed E-state index contributed by atoms with van der Waals surface area (Å²) >= 11 is 0. The number of benzene rings is 2. The van der Waals surface area contributed by atoms with Crippen molar-refractivity contribution in [3.63, 3.8) is 0 Å². The number of nitrogens with zero attached hydrogens (tertiary/aromatic N) is 6. The monoisotopic (exact) mass is 897 g/mol. The van der Waals surface area contributed by atoms with Gasteiger partial charge in [0.1, 0.15) is 48.1 Å². The van der Waals surface area contributed by atoms with Crippen molar-refractivity contribution >= 4 is 61.5 Å². The van der Waals surface area contributed by atoms with Gasteiger partial charge >= 0.3 is 12.1 Å². The van der Waals surface area contributed by atoms with Crippen molar-refractivity contribution in [3.05, 3.63) is 47.7 Å². The second kappa shape index (κ2) is 21.2. The number of pyridine rings is 1. The number of halogens is 3. The molecule has 4 fully saturated rings. The van der Waals surface area contributed by atoms with Crippen LogP contribution in [0.1, 0.15) is 57.9 Å². The van der Waals surface area contributed by atoms with Crippen molar-refractivity contribution in [1.82, 2.24) is 24.8 Å². The first-order valence-corrected chi connectivity index (χ1v) is 23.1. The van der Waals surface area contributed by atoms with Crippen LogP contribution >= 0.6 is 21.6 Å². The largest absolute Gasteiger partial charge is 0.508 e. The summed E-state index contributed by atoms with van der Waals surface area (Å²) in [6.07, 6.45) is 13.2. The van der Waals surface area contributed by atoms with E-state index in [4.69, 9.17) is 26.6 Å². The second-order valence-electron chi connectivity index (χ2n) is 15.7. The van der Waals surface area contributed by atoms with Crippen molar-refractivity contribution in [2.45, 2.75) is 81.3 Å². The van der Waals surface area contributed by atoms with E-state index in [1.54, 1.807) is 7.11 Å². The number of phenols is 1. The van der Waals surface area contributed by atoms with E-state index in [0.29, 0.717) is 55.5 Å². The molecule has 4 aliphatic rings. The molecule has 3 unspecified atom stereocenters. The van der Waals surface area contributed by atoms with Gasteiger partial charge in [-0.3, -0.25) is 19.2 Å². The molecule has 4 aromatic rings. The Labute approximate surface area is 368 Å². The van der Waals surface area contributed by atoms with Crippen LogP contribution in [0.5, 0.6) is 11.8 Å². The summed E-state index contributed by atoms with van der Waals surface area (Å²) in [5, 5.41) is 11.7. The Balaban J connectivity index is 0.00000101. The third kappa shape index (κ3) is 9.97. The minimum absolute atomic E-state index is 0.00468. The molecule has 4 aliphatic heterocycles. The number of alkyl halides is 1. The van der Waals surface area contributed by atoms with E-state index in [-0.39, 0.29) is 75.1 Å². The number of nitrogens with two attached hydrogens (primary N) is 1. The summed E-state index contributed by atoms with van der Waals surface area (Å²) in [5.74, 6) is 1.69. The van der Waals surface area contributed by atoms with Crippen molar-refractivity contribution in [3.8, 4) is 35.4 Å². The van der Waals surface area contributed by atoms with Crippen LogP contribution in [-0.4, -0.2) is 137 Å². The van der Waals surface area contributed by atoms with Gasteiger partial charge in [0.25, 0.3) is 0 Å². The number of anilines is 1. The third-order valence-corrected chi connectivity index (χ3v) is 14.7. The molecule has 8 rings (SSSR count). The molecule has 4 atom stereocenters. The highest BCUT2D eigenvalue weighted by atomic mass is 33.1. The van der Waals surface area contributed by atoms with Crippen molar-refractivity contribution in [1.29, 1.82) is 0 Å². The first-order chi connectivity index (χ1) is 30.0. The van der Waals surface area contributed by atoms with E-state index in [2.05, 4.69) is 25.5 Å². The number of carbonyl (C=O) groups excluding carboxylic acids is 2. The Morgan fingerprint density at radius 3 is 2.48 bits per heavy atom. The highest BCUT2D eigenvalue weighted by Crippen LogP contribution is 2.42. The number of rotatable bonds is 13. The molecule has 62 heavy (non-hydrogen) atoms. The minimum atomic E-state index is -0.792. The summed E-state index contributed by atoms with van der Waals surface area (Å²) in [6, 6.07) is 4.61. The third-order valence-electron chi connectivity index (χ3n) is 11.8. The van der Waals surface area contributed by atoms with E-state index in [1.165, 1.54) is 52.1 Å². The topological polar surface area (TPSA) is 156 Å². The van der Waals surface area contributed by atoms with E-state index >= 15 is 4.39 Å². The first-order valence-electron chi connectivity index (χ1n) is 20.7. The maximum Gasteiger partial charge on any atom is 0.410 e. The van der Waals surface area contributed by atoms with Gasteiger partial charge in [-0.1, -0.05) is 33.6 Å². The van der Waals surface area contributed by atoms with Crippen LogP contribution < -0.4 is 15.4 Å². The van der Waals surface area contributed by atoms with Gasteiger partial charge in [0.05, 0.1) is 41.8 Å². The molecule has 13 nitrogen and oxygen atoms in total. The smallest absolute Gasteiger partial charge is 0.410 e. The fraction of sp³-hybridized carbons (Fsp3) is 0.523. The predicted octanol–water partition coefficient (Wildman–Crippen LogP) is 7.14. The average Bonchev–Trinajstić information content (AvgIpc) is 3.95. The molecule has 0 radical (unpaired) electrons. The van der Waals surface area contributed by atoms with Crippen LogP contribution in [-0.2, 0) is 14.3 Å². The Bertz CT molecular complexity index is 2240. The molecule has 4 saturated heterocycles. The normalized spacial score (nSPS) is 19.8. The van der Waals surface area contributed by atoms with Gasteiger partial charge in [-0.05, 0) is 89.0 Å². The SMILES string of the molecule is C#Cc1c(F)ccc2cc(O)cc(-c3ncc4c(N5CC6CCC(C5)N6C(=O)OCC(C)SSC[C@H](N)C=O)nc(OCC56CCCN5CCC6)nc4c3F)c12.CCOC.CF. The summed E-state index contributed by atoms with van der Waals surface area (Å²) < 4.78 is 58.3. The van der Waals surface area contributed by atoms with E-state index < -0.39 is 17.7 Å². The van der Waals surface area contributed by atoms with E-state index in [1.807, 2.05) is 23.6 Å². The highest BCUT2D eigenvalue weighted by Gasteiger charge is 2.46. The van der Waals surface area contributed by atoms with Gasteiger partial charge in [-0.15, -0.1) is 6.42 Å². The van der Waals surface area contributed by atoms with Crippen molar-refractivity contribution in [2.24, 2.45) is 5.73 Å². The minimum Gasteiger partial charge on any atom is -0.508 e. The quantitative estimate of drug-likeness (QED) is 0.0793. The van der Waals surface area contributed by atoms with Gasteiger partial charge in [0.2, 0.25) is 0 Å². The van der Waals surface area contributed by atoms with Crippen LogP contribution in [0.2, 0.25) is 0 Å². The number of piperazine rings is 1. The fourth-order valence-corrected chi connectivity index (χ4v) is 11.1. The van der Waals surface area contributed by atoms with Crippen molar-refractivity contribution < 1.29 is 42.1 Å². The number of ether oxygens (including phenoxy) is 3. The van der Waals surface area contributed by atoms with Gasteiger partial charge in [-0.2, -0.15) is 9.97 Å². The van der Waals surface area contributed by atoms with E-state index in [9.17, 15) is 23.5 Å². The number of fused-ring (bicyclic) bond motifs is 5. The molecule has 0 aliphatic carbocycles. The van der Waals surface area contributed by atoms with Gasteiger partial charge in [0.15, 0.2) is 5.82 Å². The number of phenolic OH excluding ortho intramolecular Hbond substituents is 1. The number of aldehydes is 1. The lowest BCUT2D eigenvalue weighted by atomic mass is 9.95. The maximum absolute atomic E-state index is 17.1. The Morgan fingerprint density at radius 2 is 1.84 bits per heavy atom. The molecule has 2 aromatic heterocycles. The molecular formula is C44H54F3N7O6S2. The standard InChI is InChI=1S/C40H43F2N7O5S2.C3H8O.CH3F/c1-3-29-32(41)9-6-24-14-28(51)15-30(33(24)29)35-34(42)36-31(16-44-35)37(46-38(45-36)54-22-40-10-4-12-48(40)13-5-11-40)47-17-26-7-8-27(18-47)49(26)39(52)53-20-23(2)56-55-21-25(43)19-50;1-3-4-2;1-2/h1,6,9,14-16,19,23,25-27,51H,4-5,7-8,10-13,17-18,20-22,43H2,2H3;3H2,1-2H3;1H3/t23?,25-,26?,27?;;/m1../s1. The lowest BCUT2D eigenvalue weighted by molar-refractivity contribution is -0.108. The predicted molar refractivity (Wildman–Crippen MR) is 238 cm³/mol. The van der Waals surface area contributed by atoms with Gasteiger partial charge in [0, 0.05) is 55.0 Å². The van der Waals surface area contributed by atoms with Crippen LogP contribution in [0.25, 0.3) is 32.9 Å². The lowest BCUT2D eigenvalue weighted by Gasteiger charge is -2.41. The summed E-state index contributed by atoms with van der Waals surface area (Å²) in [7, 11) is 5.17. The van der Waals surface area contributed by atoms with Crippen molar-refractivity contribution in [2.75, 3.05) is 70.9 Å². The number of terminal acetylenes is 1. The maximum atomic E-state index is 17.1. The molecular weight excluding hydrogens is 844 g/mol. The fourth-order valence-electron chi connectivity index (χ4n) is 8.87. The summed E-state index contributed by atoms with van der Waals surface area (Å²) in [5.41, 5.74) is 5.43. The molecule has 18 heteroatoms. The molecule has 334 valence electrons. The summed E-state index contributed by atoms with van der Waals surface area (Å²) in [6.45, 7) is 8.17. The first kappa shape index (κ1) is 47.0. The number of aromatic hydroxyl groups is 1. The van der Waals surface area contributed by atoms with E-state index in [0.717, 1.165) is 58.2 Å². The Morgan fingerprint density at radius 1 is 1.15 bits per heavy atom. The number of hydrogen-bond acceptors (Lipinski definition) is 14. The van der Waals surface area contributed by atoms with Crippen LogP contribution in [0.4, 0.5) is 23.8 Å². The number of hydrogen-bond donors (Lipinski definition) is 2. The molecule has 1 amide bonds. The van der Waals surface area contributed by atoms with Gasteiger partial charge < -0.3 is 34.7 Å². The highest BCUT2D eigenvalue weighted by molar-refractivity contribution is 8.77. The average molecular weight is 898 g/mol. The molecule has 3 N–H and O–H groups in total. The van der Waals surface area contributed by atoms with Gasteiger partial charge in [-0.25, -0.2) is 13.6 Å². The zero-order valence-electron chi connectivity index (χ0n) is 35.4. The zero-order chi connectivity index (χ0) is 44.6. The molecule has 2 aromatic carbocycles. The lowest BCUT2D eigenvalue weighted by Crippen LogP contribution is -2.56. The second-order valence-corrected chi connectivity index (χ2v) is 18.6. The Hall–Kier alpha value is -4.54. The number of carbonyl (C=O) groups is 2. The molecule has 2 bridgehead atoms. The Kier molecular flexibility index (Phi) is 16.1. The summed E-state index contributed by atoms with van der Waals surface area (Å²) in [4.78, 5) is 44.7. The number of methoxy groups -OCH3 is 1. The van der Waals surface area contributed by atoms with Crippen LogP contribution in [0, 0.1) is 24.0 Å². The zero-order valence-corrected chi connectivity index (χ0v) is 37.1. The van der Waals surface area contributed by atoms with Crippen LogP contribution in [0.3, 0.4) is 0 Å². The number of amides is 1. The molecule has 6 heterocycles. The molecule has 0 spiro atoms. The molecule has 0 saturated carbocycles. The van der Waals surface area contributed by atoms with Crippen LogP contribution in [0.15, 0.2) is 30.5 Å². The number of aromatic nitrogens is 3.